The van der Waals surface area contributed by atoms with Crippen LogP contribution in [0.5, 0.6) is 11.5 Å². The number of benzene rings is 1. The van der Waals surface area contributed by atoms with Crippen LogP contribution in [-0.4, -0.2) is 48.9 Å². The topological polar surface area (TPSA) is 67.8 Å². The van der Waals surface area contributed by atoms with E-state index in [0.717, 1.165) is 12.8 Å². The van der Waals surface area contributed by atoms with Crippen molar-refractivity contribution >= 4 is 29.1 Å². The van der Waals surface area contributed by atoms with Crippen molar-refractivity contribution in [3.05, 3.63) is 45.6 Å². The lowest BCUT2D eigenvalue weighted by Crippen LogP contribution is -2.41. The normalized spacial score (nSPS) is 23.2. The fourth-order valence-corrected chi connectivity index (χ4v) is 3.48. The molecule has 9 heteroatoms. The van der Waals surface area contributed by atoms with Gasteiger partial charge in [0.2, 0.25) is 6.36 Å². The molecule has 1 aromatic carbocycles. The van der Waals surface area contributed by atoms with Crippen LogP contribution in [0.3, 0.4) is 0 Å². The van der Waals surface area contributed by atoms with Crippen molar-refractivity contribution in [3.8, 4) is 11.5 Å². The van der Waals surface area contributed by atoms with Gasteiger partial charge in [-0.25, -0.2) is 9.60 Å². The maximum Gasteiger partial charge on any atom is 0.255 e. The Labute approximate surface area is 179 Å². The summed E-state index contributed by atoms with van der Waals surface area (Å²) < 4.78 is 23.8. The van der Waals surface area contributed by atoms with Gasteiger partial charge < -0.3 is 14.8 Å². The van der Waals surface area contributed by atoms with Crippen LogP contribution in [0.1, 0.15) is 30.1 Å². The monoisotopic (exact) mass is 445 g/mol. The first-order chi connectivity index (χ1) is 13.6. The van der Waals surface area contributed by atoms with Gasteiger partial charge in [0.1, 0.15) is 18.1 Å². The number of carbonyl (C=O) groups is 1. The molecule has 0 spiro atoms. The standard InChI is InChI=1S/C20H23Cl2FN2O4/c1-12(23)29-17-6-5-14(9-18(17)28-11-13-3-4-13)20(26)24-19-15(21)7-8-25(2,27)10-16(19)22/h5-7,9,12-13,27H,3-4,8,10-11H2,1-2H3/p+1. The number of carbonyl (C=O) groups excluding carboxylic acids is 1. The molecule has 29 heavy (non-hydrogen) atoms. The minimum Gasteiger partial charge on any atom is -0.489 e. The number of rotatable bonds is 7. The Morgan fingerprint density at radius 1 is 1.38 bits per heavy atom. The van der Waals surface area contributed by atoms with Crippen LogP contribution in [0.15, 0.2) is 40.0 Å². The highest BCUT2D eigenvalue weighted by Gasteiger charge is 2.28. The maximum absolute atomic E-state index is 13.3. The van der Waals surface area contributed by atoms with Gasteiger partial charge in [0.25, 0.3) is 5.91 Å². The number of hydrogen-bond acceptors (Lipinski definition) is 4. The van der Waals surface area contributed by atoms with Gasteiger partial charge in [-0.15, -0.1) is 0 Å². The number of likely N-dealkylation sites (N-methyl/N-ethyl adjacent to an activating group) is 1. The minimum absolute atomic E-state index is 0.0980. The zero-order valence-corrected chi connectivity index (χ0v) is 17.8. The average Bonchev–Trinajstić information content (AvgIpc) is 3.46. The molecule has 158 valence electrons. The molecule has 0 aromatic heterocycles. The van der Waals surface area contributed by atoms with Crippen LogP contribution >= 0.6 is 23.2 Å². The second kappa shape index (κ2) is 8.92. The number of nitrogens with one attached hydrogen (secondary N) is 1. The van der Waals surface area contributed by atoms with Crippen LogP contribution in [0.4, 0.5) is 4.39 Å². The van der Waals surface area contributed by atoms with E-state index in [4.69, 9.17) is 32.7 Å². The molecule has 1 amide bonds. The van der Waals surface area contributed by atoms with E-state index in [1.165, 1.54) is 25.1 Å². The molecule has 0 radical (unpaired) electrons. The third-order valence-electron chi connectivity index (χ3n) is 4.56. The van der Waals surface area contributed by atoms with E-state index < -0.39 is 12.3 Å². The van der Waals surface area contributed by atoms with Gasteiger partial charge in [0.05, 0.1) is 24.4 Å². The number of hydroxylamine groups is 3. The number of ether oxygens (including phenoxy) is 2. The third-order valence-corrected chi connectivity index (χ3v) is 5.21. The predicted molar refractivity (Wildman–Crippen MR) is 108 cm³/mol. The molecule has 1 aliphatic heterocycles. The molecule has 0 saturated heterocycles. The fourth-order valence-electron chi connectivity index (χ4n) is 2.79. The van der Waals surface area contributed by atoms with Crippen LogP contribution in [0.25, 0.3) is 0 Å². The smallest absolute Gasteiger partial charge is 0.255 e. The van der Waals surface area contributed by atoms with Crippen molar-refractivity contribution < 1.29 is 28.5 Å². The highest BCUT2D eigenvalue weighted by molar-refractivity contribution is 6.36. The highest BCUT2D eigenvalue weighted by atomic mass is 35.5. The van der Waals surface area contributed by atoms with Gasteiger partial charge in [-0.1, -0.05) is 23.2 Å². The summed E-state index contributed by atoms with van der Waals surface area (Å²) in [5.74, 6) is 0.550. The van der Waals surface area contributed by atoms with Crippen LogP contribution < -0.4 is 14.8 Å². The van der Waals surface area contributed by atoms with Crippen molar-refractivity contribution in [2.45, 2.75) is 26.1 Å². The van der Waals surface area contributed by atoms with Gasteiger partial charge >= 0.3 is 0 Å². The molecule has 0 bridgehead atoms. The Kier molecular flexibility index (Phi) is 6.73. The summed E-state index contributed by atoms with van der Waals surface area (Å²) in [7, 11) is 1.59. The number of amides is 1. The van der Waals surface area contributed by atoms with Crippen molar-refractivity contribution in [2.75, 3.05) is 26.7 Å². The fraction of sp³-hybridized carbons (Fsp3) is 0.450. The SMILES string of the molecule is CC(F)Oc1ccc(C(=O)NC2=C(Cl)C[N+](C)(O)CC=C2Cl)cc1OCC1CC1. The lowest BCUT2D eigenvalue weighted by atomic mass is 10.1. The first kappa shape index (κ1) is 21.9. The molecular weight excluding hydrogens is 422 g/mol. The van der Waals surface area contributed by atoms with Crippen LogP contribution in [0.2, 0.25) is 0 Å². The summed E-state index contributed by atoms with van der Waals surface area (Å²) in [5, 5.41) is 13.4. The summed E-state index contributed by atoms with van der Waals surface area (Å²) >= 11 is 12.5. The second-order valence-corrected chi connectivity index (χ2v) is 8.41. The molecule has 6 nitrogen and oxygen atoms in total. The zero-order valence-electron chi connectivity index (χ0n) is 16.3. The lowest BCUT2D eigenvalue weighted by molar-refractivity contribution is -1.08. The molecule has 3 rings (SSSR count). The zero-order chi connectivity index (χ0) is 21.2. The van der Waals surface area contributed by atoms with Gasteiger partial charge in [0, 0.05) is 12.5 Å². The van der Waals surface area contributed by atoms with E-state index in [1.807, 2.05) is 0 Å². The Morgan fingerprint density at radius 3 is 2.76 bits per heavy atom. The molecule has 2 atom stereocenters. The molecule has 2 aliphatic rings. The van der Waals surface area contributed by atoms with E-state index >= 15 is 0 Å². The summed E-state index contributed by atoms with van der Waals surface area (Å²) in [6.07, 6.45) is 2.27. The van der Waals surface area contributed by atoms with Gasteiger partial charge in [-0.3, -0.25) is 4.79 Å². The Bertz CT molecular complexity index is 851. The molecule has 2 unspecified atom stereocenters. The Morgan fingerprint density at radius 2 is 2.10 bits per heavy atom. The molecule has 1 aliphatic carbocycles. The molecule has 1 heterocycles. The number of allylic oxidation sites excluding steroid dienone is 1. The predicted octanol–water partition coefficient (Wildman–Crippen LogP) is 4.32. The largest absolute Gasteiger partial charge is 0.489 e. The van der Waals surface area contributed by atoms with Crippen molar-refractivity contribution in [1.29, 1.82) is 0 Å². The summed E-state index contributed by atoms with van der Waals surface area (Å²) in [4.78, 5) is 12.8. The Hall–Kier alpha value is -1.80. The first-order valence-corrected chi connectivity index (χ1v) is 10.1. The van der Waals surface area contributed by atoms with E-state index in [0.29, 0.717) is 18.3 Å². The van der Waals surface area contributed by atoms with Crippen molar-refractivity contribution in [3.63, 3.8) is 0 Å². The van der Waals surface area contributed by atoms with E-state index in [9.17, 15) is 14.4 Å². The second-order valence-electron chi connectivity index (χ2n) is 7.54. The highest BCUT2D eigenvalue weighted by Crippen LogP contribution is 2.34. The van der Waals surface area contributed by atoms with Gasteiger partial charge in [-0.2, -0.15) is 4.65 Å². The summed E-state index contributed by atoms with van der Waals surface area (Å²) in [5.41, 5.74) is 0.522. The maximum atomic E-state index is 13.3. The Balaban J connectivity index is 1.81. The number of halogens is 3. The quantitative estimate of drug-likeness (QED) is 0.613. The molecule has 1 fully saturated rings. The van der Waals surface area contributed by atoms with Gasteiger partial charge in [-0.05, 0) is 43.0 Å². The summed E-state index contributed by atoms with van der Waals surface area (Å²) in [6, 6.07) is 4.51. The lowest BCUT2D eigenvalue weighted by Gasteiger charge is -2.22. The molecule has 2 N–H and O–H groups in total. The molecular formula is C20H24Cl2FN2O4+. The summed E-state index contributed by atoms with van der Waals surface area (Å²) in [6.45, 7) is 2.11. The van der Waals surface area contributed by atoms with E-state index in [1.54, 1.807) is 13.1 Å². The molecule has 1 saturated carbocycles. The number of alkyl halides is 1. The van der Waals surface area contributed by atoms with E-state index in [2.05, 4.69) is 5.32 Å². The number of nitrogens with zero attached hydrogens (tertiary/aromatic N) is 1. The average molecular weight is 446 g/mol. The minimum atomic E-state index is -1.51. The van der Waals surface area contributed by atoms with Crippen LogP contribution in [0, 0.1) is 5.92 Å². The number of quaternary nitrogens is 1. The van der Waals surface area contributed by atoms with Gasteiger partial charge in [0.15, 0.2) is 11.5 Å². The first-order valence-electron chi connectivity index (χ1n) is 9.35. The third kappa shape index (κ3) is 6.09. The molecule has 1 aromatic rings. The van der Waals surface area contributed by atoms with Crippen molar-refractivity contribution in [1.82, 2.24) is 5.32 Å². The van der Waals surface area contributed by atoms with Crippen molar-refractivity contribution in [2.24, 2.45) is 5.92 Å². The van der Waals surface area contributed by atoms with E-state index in [-0.39, 0.29) is 44.8 Å². The number of hydrogen-bond donors (Lipinski definition) is 2. The van der Waals surface area contributed by atoms with Crippen LogP contribution in [-0.2, 0) is 0 Å².